The standard InChI is InChI=1S/C54H60F4N8O5/c1-2-37-41(55)7-3-30-19-34(67)22-39(45(30)37)48-47(58)49-40(23-59-48)50(65-24-31-4-5-32(25-65)60-31)63-52(62-49)70-29-54(15-16-54)26-64-17-11-36(12-18-64)71-35-9-13-53(14-10-35)27-66(28-53)33-20-42(56)46(43(57)21-33)38-6-8-44(68)61-51(38)69/h3,7,19-23,31-32,35-36,38,60,67H,2,4-6,8-18,24-29H2,1H3,(H,61,68,69). The molecule has 17 heteroatoms. The van der Waals surface area contributed by atoms with Crippen molar-refractivity contribution in [3.63, 3.8) is 0 Å². The molecule has 3 unspecified atom stereocenters. The summed E-state index contributed by atoms with van der Waals surface area (Å²) in [6.45, 7) is 7.84. The average molecular weight is 977 g/mol. The van der Waals surface area contributed by atoms with Crippen molar-refractivity contribution in [2.24, 2.45) is 10.8 Å². The van der Waals surface area contributed by atoms with Crippen molar-refractivity contribution in [2.75, 3.05) is 62.2 Å². The average Bonchev–Trinajstić information content (AvgIpc) is 4.03. The molecule has 2 bridgehead atoms. The Morgan fingerprint density at radius 2 is 1.55 bits per heavy atom. The van der Waals surface area contributed by atoms with Crippen molar-refractivity contribution in [3.05, 3.63) is 77.0 Å². The number of benzene rings is 3. The number of amides is 2. The predicted molar refractivity (Wildman–Crippen MR) is 259 cm³/mol. The van der Waals surface area contributed by atoms with Gasteiger partial charge in [0.15, 0.2) is 5.82 Å². The number of fused-ring (bicyclic) bond motifs is 4. The zero-order valence-corrected chi connectivity index (χ0v) is 40.1. The van der Waals surface area contributed by atoms with Gasteiger partial charge in [0.05, 0.1) is 30.1 Å². The number of hydrogen-bond acceptors (Lipinski definition) is 12. The molecule has 3 atom stereocenters. The third-order valence-electron chi connectivity index (χ3n) is 16.9. The summed E-state index contributed by atoms with van der Waals surface area (Å²) in [5, 5.41) is 18.2. The third kappa shape index (κ3) is 8.83. The molecule has 71 heavy (non-hydrogen) atoms. The lowest BCUT2D eigenvalue weighted by Crippen LogP contribution is -2.58. The van der Waals surface area contributed by atoms with E-state index in [1.54, 1.807) is 18.3 Å². The summed E-state index contributed by atoms with van der Waals surface area (Å²) < 4.78 is 76.1. The quantitative estimate of drug-likeness (QED) is 0.0819. The number of likely N-dealkylation sites (tertiary alicyclic amines) is 1. The number of hydrogen-bond donors (Lipinski definition) is 3. The van der Waals surface area contributed by atoms with E-state index in [2.05, 4.69) is 25.4 Å². The minimum atomic E-state index is -1.01. The Kier molecular flexibility index (Phi) is 11.9. The number of phenols is 1. The van der Waals surface area contributed by atoms with Crippen molar-refractivity contribution in [3.8, 4) is 23.0 Å². The molecule has 3 N–H and O–H groups in total. The molecule has 374 valence electrons. The van der Waals surface area contributed by atoms with E-state index in [1.165, 1.54) is 24.3 Å². The van der Waals surface area contributed by atoms with Gasteiger partial charge in [0.2, 0.25) is 11.8 Å². The molecule has 7 heterocycles. The minimum absolute atomic E-state index is 0.0231. The van der Waals surface area contributed by atoms with Crippen LogP contribution in [0.3, 0.4) is 0 Å². The van der Waals surface area contributed by atoms with Gasteiger partial charge in [-0.15, -0.1) is 0 Å². The maximum absolute atomic E-state index is 17.2. The summed E-state index contributed by atoms with van der Waals surface area (Å²) in [4.78, 5) is 45.0. The molecular weight excluding hydrogens is 917 g/mol. The van der Waals surface area contributed by atoms with Gasteiger partial charge in [-0.05, 0) is 124 Å². The highest BCUT2D eigenvalue weighted by molar-refractivity contribution is 6.02. The fraction of sp³-hybridized carbons (Fsp3) is 0.537. The van der Waals surface area contributed by atoms with Gasteiger partial charge in [0, 0.05) is 98.2 Å². The Hall–Kier alpha value is -5.65. The Morgan fingerprint density at radius 1 is 0.831 bits per heavy atom. The molecule has 2 saturated carbocycles. The van der Waals surface area contributed by atoms with Crippen LogP contribution in [-0.2, 0) is 20.7 Å². The molecule has 7 fully saturated rings. The van der Waals surface area contributed by atoms with E-state index in [9.17, 15) is 14.7 Å². The summed E-state index contributed by atoms with van der Waals surface area (Å²) in [6.07, 6.45) is 12.4. The summed E-state index contributed by atoms with van der Waals surface area (Å²) in [5.74, 6) is -4.16. The number of pyridine rings is 1. The molecule has 1 spiro atoms. The largest absolute Gasteiger partial charge is 0.508 e. The van der Waals surface area contributed by atoms with E-state index in [1.807, 2.05) is 11.8 Å². The summed E-state index contributed by atoms with van der Waals surface area (Å²) in [5.41, 5.74) is 1.02. The first-order valence-corrected chi connectivity index (χ1v) is 25.7. The number of imide groups is 1. The van der Waals surface area contributed by atoms with E-state index < -0.39 is 41.0 Å². The van der Waals surface area contributed by atoms with E-state index >= 15 is 17.6 Å². The van der Waals surface area contributed by atoms with Gasteiger partial charge in [0.25, 0.3) is 0 Å². The van der Waals surface area contributed by atoms with Gasteiger partial charge in [-0.1, -0.05) is 13.0 Å². The number of aromatic nitrogens is 3. The summed E-state index contributed by atoms with van der Waals surface area (Å²) in [7, 11) is 0. The third-order valence-corrected chi connectivity index (χ3v) is 16.9. The summed E-state index contributed by atoms with van der Waals surface area (Å²) >= 11 is 0. The van der Waals surface area contributed by atoms with E-state index in [-0.39, 0.29) is 64.4 Å². The first-order valence-electron chi connectivity index (χ1n) is 25.7. The highest BCUT2D eigenvalue weighted by Crippen LogP contribution is 2.49. The molecule has 2 amide bonds. The number of phenolic OH excluding ortho intramolecular Hbond substituents is 1. The van der Waals surface area contributed by atoms with Crippen LogP contribution in [-0.4, -0.2) is 113 Å². The fourth-order valence-corrected chi connectivity index (χ4v) is 12.9. The number of nitrogens with one attached hydrogen (secondary N) is 2. The first kappa shape index (κ1) is 46.4. The molecule has 2 aliphatic carbocycles. The second-order valence-corrected chi connectivity index (χ2v) is 21.8. The van der Waals surface area contributed by atoms with Crippen LogP contribution in [0.25, 0.3) is 32.9 Å². The van der Waals surface area contributed by atoms with Gasteiger partial charge in [-0.2, -0.15) is 9.97 Å². The Morgan fingerprint density at radius 3 is 2.24 bits per heavy atom. The molecule has 5 aliphatic heterocycles. The molecule has 2 aromatic heterocycles. The maximum atomic E-state index is 17.2. The van der Waals surface area contributed by atoms with Crippen molar-refractivity contribution in [2.45, 2.75) is 121 Å². The number of carbonyl (C=O) groups excluding carboxylic acids is 2. The molecule has 5 aromatic rings. The lowest BCUT2D eigenvalue weighted by molar-refractivity contribution is -0.134. The van der Waals surface area contributed by atoms with Gasteiger partial charge in [0.1, 0.15) is 40.2 Å². The number of aromatic hydroxyl groups is 1. The number of halogens is 4. The van der Waals surface area contributed by atoms with Crippen LogP contribution in [0.4, 0.5) is 29.1 Å². The SMILES string of the molecule is CCc1c(F)ccc2cc(O)cc(-c3ncc4c(N5CC6CCC(C5)N6)nc(OCC5(CN6CCC(OC7CCC8(CC7)CN(c7cc(F)c(C9CCC(=O)NC9=O)c(F)c7)C8)CC6)CC5)nc4c3F)c12. The van der Waals surface area contributed by atoms with Crippen LogP contribution < -0.4 is 25.2 Å². The van der Waals surface area contributed by atoms with Gasteiger partial charge >= 0.3 is 6.01 Å². The van der Waals surface area contributed by atoms with Crippen LogP contribution in [0.5, 0.6) is 11.8 Å². The Bertz CT molecular complexity index is 2900. The van der Waals surface area contributed by atoms with Crippen LogP contribution in [0.2, 0.25) is 0 Å². The molecule has 3 aromatic carbocycles. The topological polar surface area (TPSA) is 145 Å². The summed E-state index contributed by atoms with van der Waals surface area (Å²) in [6, 6.07) is 9.32. The highest BCUT2D eigenvalue weighted by Gasteiger charge is 2.48. The fourth-order valence-electron chi connectivity index (χ4n) is 12.9. The number of ether oxygens (including phenoxy) is 2. The van der Waals surface area contributed by atoms with Crippen molar-refractivity contribution >= 4 is 45.0 Å². The number of rotatable bonds is 12. The van der Waals surface area contributed by atoms with Crippen LogP contribution in [0.1, 0.15) is 101 Å². The number of carbonyl (C=O) groups is 2. The number of piperidine rings is 2. The Balaban J connectivity index is 0.672. The van der Waals surface area contributed by atoms with Crippen molar-refractivity contribution in [1.29, 1.82) is 0 Å². The lowest BCUT2D eigenvalue weighted by atomic mass is 9.67. The minimum Gasteiger partial charge on any atom is -0.508 e. The molecule has 5 saturated heterocycles. The molecule has 0 radical (unpaired) electrons. The van der Waals surface area contributed by atoms with E-state index in [0.717, 1.165) is 96.9 Å². The number of piperazine rings is 1. The van der Waals surface area contributed by atoms with Crippen molar-refractivity contribution in [1.82, 2.24) is 30.5 Å². The molecular formula is C54H60F4N8O5. The normalized spacial score (nSPS) is 24.5. The van der Waals surface area contributed by atoms with Crippen LogP contribution >= 0.6 is 0 Å². The zero-order chi connectivity index (χ0) is 48.8. The first-order chi connectivity index (χ1) is 34.3. The van der Waals surface area contributed by atoms with Crippen LogP contribution in [0.15, 0.2) is 42.6 Å². The Labute approximate surface area is 409 Å². The second-order valence-electron chi connectivity index (χ2n) is 21.8. The monoisotopic (exact) mass is 976 g/mol. The number of anilines is 2. The smallest absolute Gasteiger partial charge is 0.319 e. The maximum Gasteiger partial charge on any atom is 0.319 e. The van der Waals surface area contributed by atoms with Crippen LogP contribution in [0, 0.1) is 34.1 Å². The van der Waals surface area contributed by atoms with Gasteiger partial charge < -0.3 is 34.6 Å². The second kappa shape index (κ2) is 18.1. The molecule has 7 aliphatic rings. The van der Waals surface area contributed by atoms with Gasteiger partial charge in [-0.25, -0.2) is 17.6 Å². The molecule has 13 nitrogen and oxygen atoms in total. The molecule has 12 rings (SSSR count). The van der Waals surface area contributed by atoms with Gasteiger partial charge in [-0.3, -0.25) is 19.9 Å². The number of aryl methyl sites for hydroxylation is 1. The van der Waals surface area contributed by atoms with E-state index in [0.29, 0.717) is 77.0 Å². The lowest BCUT2D eigenvalue weighted by Gasteiger charge is -2.54. The predicted octanol–water partition coefficient (Wildman–Crippen LogP) is 8.22. The van der Waals surface area contributed by atoms with Crippen molar-refractivity contribution < 1.29 is 41.7 Å². The zero-order valence-electron chi connectivity index (χ0n) is 40.1. The number of nitrogens with zero attached hydrogens (tertiary/aromatic N) is 6. The highest BCUT2D eigenvalue weighted by atomic mass is 19.1. The van der Waals surface area contributed by atoms with E-state index in [4.69, 9.17) is 19.4 Å².